The molecule has 1 fully saturated rings. The number of piperidine rings is 1. The molecule has 1 aliphatic heterocycles. The van der Waals surface area contributed by atoms with E-state index in [0.29, 0.717) is 17.6 Å². The SMILES string of the molecule is CC1CCCC(C)N1/N=C/c1ccc(C(=O)O)cc1. The van der Waals surface area contributed by atoms with Crippen LogP contribution in [0.5, 0.6) is 0 Å². The third kappa shape index (κ3) is 3.34. The minimum atomic E-state index is -0.901. The molecule has 0 aliphatic carbocycles. The van der Waals surface area contributed by atoms with E-state index in [1.165, 1.54) is 19.3 Å². The molecule has 2 unspecified atom stereocenters. The van der Waals surface area contributed by atoms with E-state index in [-0.39, 0.29) is 0 Å². The van der Waals surface area contributed by atoms with Crippen molar-refractivity contribution in [3.63, 3.8) is 0 Å². The minimum absolute atomic E-state index is 0.303. The highest BCUT2D eigenvalue weighted by Crippen LogP contribution is 2.22. The van der Waals surface area contributed by atoms with E-state index in [2.05, 4.69) is 24.0 Å². The number of carboxylic acids is 1. The highest BCUT2D eigenvalue weighted by molar-refractivity contribution is 5.89. The first-order chi connectivity index (χ1) is 9.08. The van der Waals surface area contributed by atoms with Crippen LogP contribution in [0, 0.1) is 0 Å². The minimum Gasteiger partial charge on any atom is -0.478 e. The van der Waals surface area contributed by atoms with Crippen LogP contribution in [-0.2, 0) is 0 Å². The molecule has 1 aliphatic rings. The summed E-state index contributed by atoms with van der Waals surface area (Å²) >= 11 is 0. The van der Waals surface area contributed by atoms with E-state index in [4.69, 9.17) is 5.11 Å². The van der Waals surface area contributed by atoms with Gasteiger partial charge in [0.2, 0.25) is 0 Å². The molecule has 2 atom stereocenters. The zero-order valence-corrected chi connectivity index (χ0v) is 11.4. The van der Waals surface area contributed by atoms with Gasteiger partial charge in [0.25, 0.3) is 0 Å². The molecule has 1 saturated heterocycles. The van der Waals surface area contributed by atoms with Crippen molar-refractivity contribution in [2.24, 2.45) is 5.10 Å². The Labute approximate surface area is 113 Å². The third-order valence-corrected chi connectivity index (χ3v) is 3.64. The molecule has 1 aromatic carbocycles. The summed E-state index contributed by atoms with van der Waals surface area (Å²) in [6, 6.07) is 7.72. The van der Waals surface area contributed by atoms with Gasteiger partial charge < -0.3 is 5.11 Å². The van der Waals surface area contributed by atoms with Gasteiger partial charge in [-0.2, -0.15) is 5.10 Å². The number of hydrazone groups is 1. The van der Waals surface area contributed by atoms with Gasteiger partial charge in [0.15, 0.2) is 0 Å². The molecule has 0 radical (unpaired) electrons. The Morgan fingerprint density at radius 3 is 2.37 bits per heavy atom. The molecular weight excluding hydrogens is 240 g/mol. The lowest BCUT2D eigenvalue weighted by atomic mass is 10.00. The molecule has 102 valence electrons. The zero-order valence-electron chi connectivity index (χ0n) is 11.4. The summed E-state index contributed by atoms with van der Waals surface area (Å²) in [5.41, 5.74) is 1.23. The lowest BCUT2D eigenvalue weighted by molar-refractivity contribution is 0.0697. The summed E-state index contributed by atoms with van der Waals surface area (Å²) in [6.45, 7) is 4.39. The first-order valence-corrected chi connectivity index (χ1v) is 6.73. The van der Waals surface area contributed by atoms with Crippen molar-refractivity contribution in [3.8, 4) is 0 Å². The molecule has 4 heteroatoms. The van der Waals surface area contributed by atoms with Crippen LogP contribution < -0.4 is 0 Å². The molecule has 2 rings (SSSR count). The molecule has 0 bridgehead atoms. The molecular formula is C15H20N2O2. The Morgan fingerprint density at radius 1 is 1.26 bits per heavy atom. The maximum Gasteiger partial charge on any atom is 0.335 e. The van der Waals surface area contributed by atoms with Crippen molar-refractivity contribution in [1.29, 1.82) is 0 Å². The quantitative estimate of drug-likeness (QED) is 0.850. The fraction of sp³-hybridized carbons (Fsp3) is 0.467. The smallest absolute Gasteiger partial charge is 0.335 e. The molecule has 0 spiro atoms. The topological polar surface area (TPSA) is 52.9 Å². The maximum atomic E-state index is 10.8. The Kier molecular flexibility index (Phi) is 4.20. The van der Waals surface area contributed by atoms with Gasteiger partial charge in [0, 0.05) is 12.1 Å². The lowest BCUT2D eigenvalue weighted by Gasteiger charge is -2.36. The monoisotopic (exact) mass is 260 g/mol. The van der Waals surface area contributed by atoms with E-state index in [1.807, 2.05) is 6.21 Å². The molecule has 0 saturated carbocycles. The second kappa shape index (κ2) is 5.87. The van der Waals surface area contributed by atoms with Crippen LogP contribution in [-0.4, -0.2) is 34.4 Å². The van der Waals surface area contributed by atoms with Crippen molar-refractivity contribution in [2.45, 2.75) is 45.2 Å². The molecule has 4 nitrogen and oxygen atoms in total. The van der Waals surface area contributed by atoms with Crippen LogP contribution in [0.4, 0.5) is 0 Å². The van der Waals surface area contributed by atoms with Crippen molar-refractivity contribution in [2.75, 3.05) is 0 Å². The predicted octanol–water partition coefficient (Wildman–Crippen LogP) is 2.98. The highest BCUT2D eigenvalue weighted by atomic mass is 16.4. The molecule has 1 heterocycles. The molecule has 19 heavy (non-hydrogen) atoms. The predicted molar refractivity (Wildman–Crippen MR) is 75.6 cm³/mol. The van der Waals surface area contributed by atoms with Crippen molar-refractivity contribution in [3.05, 3.63) is 35.4 Å². The average Bonchev–Trinajstić information content (AvgIpc) is 2.38. The van der Waals surface area contributed by atoms with Crippen molar-refractivity contribution in [1.82, 2.24) is 5.01 Å². The molecule has 0 amide bonds. The Bertz CT molecular complexity index is 458. The summed E-state index contributed by atoms with van der Waals surface area (Å²) in [7, 11) is 0. The van der Waals surface area contributed by atoms with Crippen LogP contribution >= 0.6 is 0 Å². The van der Waals surface area contributed by atoms with Crippen molar-refractivity contribution < 1.29 is 9.90 Å². The maximum absolute atomic E-state index is 10.8. The Balaban J connectivity index is 2.07. The molecule has 1 N–H and O–H groups in total. The van der Waals surface area contributed by atoms with Crippen LogP contribution in [0.2, 0.25) is 0 Å². The average molecular weight is 260 g/mol. The van der Waals surface area contributed by atoms with Gasteiger partial charge in [-0.15, -0.1) is 0 Å². The van der Waals surface area contributed by atoms with E-state index in [0.717, 1.165) is 5.56 Å². The normalized spacial score (nSPS) is 23.8. The number of aromatic carboxylic acids is 1. The van der Waals surface area contributed by atoms with Gasteiger partial charge in [0.1, 0.15) is 0 Å². The molecule has 0 aromatic heterocycles. The lowest BCUT2D eigenvalue weighted by Crippen LogP contribution is -2.39. The van der Waals surface area contributed by atoms with E-state index < -0.39 is 5.97 Å². The Hall–Kier alpha value is -1.84. The third-order valence-electron chi connectivity index (χ3n) is 3.64. The van der Waals surface area contributed by atoms with E-state index in [1.54, 1.807) is 24.3 Å². The first kappa shape index (κ1) is 13.6. The number of hydrogen-bond donors (Lipinski definition) is 1. The van der Waals surface area contributed by atoms with Crippen LogP contribution in [0.15, 0.2) is 29.4 Å². The summed E-state index contributed by atoms with van der Waals surface area (Å²) in [4.78, 5) is 10.8. The second-order valence-corrected chi connectivity index (χ2v) is 5.18. The van der Waals surface area contributed by atoms with E-state index >= 15 is 0 Å². The largest absolute Gasteiger partial charge is 0.478 e. The number of carboxylic acid groups (broad SMARTS) is 1. The van der Waals surface area contributed by atoms with E-state index in [9.17, 15) is 4.79 Å². The number of rotatable bonds is 3. The van der Waals surface area contributed by atoms with Crippen LogP contribution in [0.3, 0.4) is 0 Å². The zero-order chi connectivity index (χ0) is 13.8. The number of nitrogens with zero attached hydrogens (tertiary/aromatic N) is 2. The summed E-state index contributed by atoms with van der Waals surface area (Å²) < 4.78 is 0. The van der Waals surface area contributed by atoms with Crippen molar-refractivity contribution >= 4 is 12.2 Å². The summed E-state index contributed by atoms with van der Waals surface area (Å²) in [6.07, 6.45) is 5.44. The van der Waals surface area contributed by atoms with Gasteiger partial charge in [-0.25, -0.2) is 4.79 Å². The van der Waals surface area contributed by atoms with Gasteiger partial charge >= 0.3 is 5.97 Å². The first-order valence-electron chi connectivity index (χ1n) is 6.73. The summed E-state index contributed by atoms with van der Waals surface area (Å²) in [5.74, 6) is -0.901. The fourth-order valence-electron chi connectivity index (χ4n) is 2.48. The fourth-order valence-corrected chi connectivity index (χ4v) is 2.48. The van der Waals surface area contributed by atoms with Gasteiger partial charge in [-0.3, -0.25) is 5.01 Å². The highest BCUT2D eigenvalue weighted by Gasteiger charge is 2.22. The number of carbonyl (C=O) groups is 1. The number of hydrogen-bond acceptors (Lipinski definition) is 3. The van der Waals surface area contributed by atoms with Crippen LogP contribution in [0.25, 0.3) is 0 Å². The Morgan fingerprint density at radius 2 is 1.84 bits per heavy atom. The van der Waals surface area contributed by atoms with Gasteiger partial charge in [-0.05, 0) is 50.8 Å². The second-order valence-electron chi connectivity index (χ2n) is 5.18. The number of benzene rings is 1. The standard InChI is InChI=1S/C15H20N2O2/c1-11-4-3-5-12(2)17(11)16-10-13-6-8-14(9-7-13)15(18)19/h6-12H,3-5H2,1-2H3,(H,18,19)/b16-10+. The molecule has 1 aromatic rings. The summed E-state index contributed by atoms with van der Waals surface area (Å²) in [5, 5.41) is 15.5. The van der Waals surface area contributed by atoms with Gasteiger partial charge in [-0.1, -0.05) is 12.1 Å². The van der Waals surface area contributed by atoms with Gasteiger partial charge in [0.05, 0.1) is 11.8 Å². The van der Waals surface area contributed by atoms with Crippen LogP contribution in [0.1, 0.15) is 49.0 Å².